The summed E-state index contributed by atoms with van der Waals surface area (Å²) in [6.45, 7) is 0. The van der Waals surface area contributed by atoms with Gasteiger partial charge in [-0.15, -0.1) is 0 Å². The largest absolute Gasteiger partial charge is 0.286 e. The monoisotopic (exact) mass is 223 g/mol. The average Bonchev–Trinajstić information content (AvgIpc) is 3.02. The van der Waals surface area contributed by atoms with E-state index in [9.17, 15) is 4.79 Å². The van der Waals surface area contributed by atoms with E-state index in [0.717, 1.165) is 11.8 Å². The number of hydrogen-bond donors (Lipinski definition) is 1. The van der Waals surface area contributed by atoms with Gasteiger partial charge in [-0.3, -0.25) is 4.79 Å². The van der Waals surface area contributed by atoms with Crippen molar-refractivity contribution in [2.24, 2.45) is 0 Å². The molecule has 0 atom stereocenters. The maximum Gasteiger partial charge on any atom is 0.226 e. The van der Waals surface area contributed by atoms with Crippen molar-refractivity contribution < 1.29 is 0 Å². The van der Waals surface area contributed by atoms with E-state index in [2.05, 4.69) is 15.4 Å². The summed E-state index contributed by atoms with van der Waals surface area (Å²) in [6, 6.07) is 0. The minimum Gasteiger partial charge on any atom is -0.286 e. The van der Waals surface area contributed by atoms with Crippen molar-refractivity contribution in [2.45, 2.75) is 0 Å². The number of H-pyrrole nitrogens is 1. The van der Waals surface area contributed by atoms with Gasteiger partial charge in [0, 0.05) is 11.8 Å². The van der Waals surface area contributed by atoms with Crippen molar-refractivity contribution in [2.75, 3.05) is 0 Å². The molecule has 1 heterocycles. The van der Waals surface area contributed by atoms with Crippen molar-refractivity contribution in [1.29, 1.82) is 0 Å². The Kier molecular flexibility index (Phi) is 2.95. The molecule has 82 valence electrons. The average molecular weight is 223 g/mol. The molecule has 2 saturated carbocycles. The van der Waals surface area contributed by atoms with E-state index in [0.29, 0.717) is 11.4 Å². The summed E-state index contributed by atoms with van der Waals surface area (Å²) in [5.41, 5.74) is 0.656. The highest BCUT2D eigenvalue weighted by Crippen LogP contribution is 2.29. The first-order chi connectivity index (χ1) is 8.36. The van der Waals surface area contributed by atoms with Gasteiger partial charge < -0.3 is 0 Å². The van der Waals surface area contributed by atoms with Crippen molar-refractivity contribution >= 4 is 0 Å². The van der Waals surface area contributed by atoms with Crippen LogP contribution in [0.3, 0.4) is 0 Å². The normalized spacial score (nSPS) is 22.4. The lowest BCUT2D eigenvalue weighted by Crippen LogP contribution is -2.24. The summed E-state index contributed by atoms with van der Waals surface area (Å²) in [7, 11) is 0. The molecule has 0 saturated heterocycles. The van der Waals surface area contributed by atoms with Crippen molar-refractivity contribution in [3.05, 3.63) is 84.8 Å². The summed E-state index contributed by atoms with van der Waals surface area (Å²) in [5.74, 6) is 1.61. The molecule has 0 bridgehead atoms. The number of rotatable bonds is 2. The van der Waals surface area contributed by atoms with Crippen molar-refractivity contribution in [3.8, 4) is 0 Å². The Hall–Kier alpha value is -1.19. The highest BCUT2D eigenvalue weighted by Gasteiger charge is 2.28. The molecule has 2 fully saturated rings. The Balaban J connectivity index is 1.94. The second-order valence-electron chi connectivity index (χ2n) is 3.70. The molecular weight excluding hydrogens is 214 g/mol. The lowest BCUT2D eigenvalue weighted by atomic mass is 9.98. The topological polar surface area (TPSA) is 58.6 Å². The third-order valence-corrected chi connectivity index (χ3v) is 2.63. The Labute approximate surface area is 101 Å². The predicted molar refractivity (Wildman–Crippen MR) is 61.7 cm³/mol. The highest BCUT2D eigenvalue weighted by molar-refractivity contribution is 5.51. The molecule has 0 unspecified atom stereocenters. The van der Waals surface area contributed by atoms with E-state index >= 15 is 0 Å². The fraction of sp³-hybridized carbons (Fsp3) is 0. The first kappa shape index (κ1) is 10.9. The SMILES string of the molecule is O=c1c([C]2[CH][CH][CH][CH]2)n[nH]nc1[C]1[CH][CH][CH][CH]1. The predicted octanol–water partition coefficient (Wildman–Crippen LogP) is 0.672. The molecular formula is C13H9N3O. The maximum atomic E-state index is 12.2. The van der Waals surface area contributed by atoms with Crippen LogP contribution in [-0.2, 0) is 0 Å². The Morgan fingerprint density at radius 3 is 1.59 bits per heavy atom. The molecule has 0 aliphatic heterocycles. The van der Waals surface area contributed by atoms with E-state index in [4.69, 9.17) is 0 Å². The van der Waals surface area contributed by atoms with Crippen LogP contribution in [0.4, 0.5) is 0 Å². The van der Waals surface area contributed by atoms with E-state index in [1.807, 2.05) is 51.4 Å². The van der Waals surface area contributed by atoms with E-state index < -0.39 is 0 Å². The zero-order valence-electron chi connectivity index (χ0n) is 8.92. The smallest absolute Gasteiger partial charge is 0.226 e. The van der Waals surface area contributed by atoms with Gasteiger partial charge in [0.15, 0.2) is 0 Å². The summed E-state index contributed by atoms with van der Waals surface area (Å²) in [4.78, 5) is 12.2. The fourth-order valence-electron chi connectivity index (χ4n) is 1.79. The van der Waals surface area contributed by atoms with Crippen LogP contribution in [0.2, 0.25) is 0 Å². The van der Waals surface area contributed by atoms with Gasteiger partial charge in [0.25, 0.3) is 0 Å². The van der Waals surface area contributed by atoms with Crippen LogP contribution in [0.25, 0.3) is 0 Å². The second-order valence-corrected chi connectivity index (χ2v) is 3.70. The molecule has 4 nitrogen and oxygen atoms in total. The Bertz CT molecular complexity index is 405. The quantitative estimate of drug-likeness (QED) is 0.801. The van der Waals surface area contributed by atoms with Crippen molar-refractivity contribution in [1.82, 2.24) is 15.4 Å². The van der Waals surface area contributed by atoms with Crippen LogP contribution in [0.15, 0.2) is 4.79 Å². The van der Waals surface area contributed by atoms with Gasteiger partial charge in [-0.1, -0.05) is 0 Å². The second kappa shape index (κ2) is 4.59. The van der Waals surface area contributed by atoms with Crippen LogP contribution in [0.1, 0.15) is 11.4 Å². The van der Waals surface area contributed by atoms with Crippen LogP contribution in [-0.4, -0.2) is 15.4 Å². The minimum absolute atomic E-state index is 0.152. The molecule has 1 aromatic heterocycles. The van der Waals surface area contributed by atoms with Crippen LogP contribution in [0.5, 0.6) is 0 Å². The number of nitrogens with zero attached hydrogens (tertiary/aromatic N) is 2. The van der Waals surface area contributed by atoms with Crippen LogP contribution < -0.4 is 5.43 Å². The Morgan fingerprint density at radius 1 is 0.765 bits per heavy atom. The molecule has 1 N–H and O–H groups in total. The lowest BCUT2D eigenvalue weighted by Gasteiger charge is -2.09. The first-order valence-electron chi connectivity index (χ1n) is 5.25. The molecule has 17 heavy (non-hydrogen) atoms. The van der Waals surface area contributed by atoms with Crippen LogP contribution >= 0.6 is 0 Å². The molecule has 3 rings (SSSR count). The Morgan fingerprint density at radius 2 is 1.18 bits per heavy atom. The summed E-state index contributed by atoms with van der Waals surface area (Å²) >= 11 is 0. The van der Waals surface area contributed by atoms with E-state index in [-0.39, 0.29) is 5.43 Å². The summed E-state index contributed by atoms with van der Waals surface area (Å²) < 4.78 is 0. The van der Waals surface area contributed by atoms with Gasteiger partial charge >= 0.3 is 0 Å². The van der Waals surface area contributed by atoms with Gasteiger partial charge in [-0.05, 0) is 51.4 Å². The highest BCUT2D eigenvalue weighted by atomic mass is 16.1. The molecule has 0 spiro atoms. The number of aromatic nitrogens is 3. The number of nitrogens with one attached hydrogen (secondary N) is 1. The molecule has 10 radical (unpaired) electrons. The van der Waals surface area contributed by atoms with Crippen LogP contribution in [0, 0.1) is 63.2 Å². The lowest BCUT2D eigenvalue weighted by molar-refractivity contribution is 0.793. The summed E-state index contributed by atoms with van der Waals surface area (Å²) in [5, 5.41) is 10.4. The van der Waals surface area contributed by atoms with Gasteiger partial charge in [0.1, 0.15) is 11.4 Å². The van der Waals surface area contributed by atoms with Gasteiger partial charge in [0.2, 0.25) is 5.43 Å². The van der Waals surface area contributed by atoms with Crippen molar-refractivity contribution in [3.63, 3.8) is 0 Å². The molecule has 4 heteroatoms. The number of aromatic amines is 1. The van der Waals surface area contributed by atoms with Gasteiger partial charge in [-0.25, -0.2) is 0 Å². The molecule has 2 aliphatic rings. The minimum atomic E-state index is -0.152. The number of hydrogen-bond acceptors (Lipinski definition) is 3. The molecule has 0 aromatic carbocycles. The fourth-order valence-corrected chi connectivity index (χ4v) is 1.79. The zero-order valence-corrected chi connectivity index (χ0v) is 8.92. The van der Waals surface area contributed by atoms with Gasteiger partial charge in [0.05, 0.1) is 0 Å². The summed E-state index contributed by atoms with van der Waals surface area (Å²) in [6.07, 6.45) is 14.9. The molecule has 1 aromatic rings. The van der Waals surface area contributed by atoms with Gasteiger partial charge in [-0.2, -0.15) is 15.4 Å². The van der Waals surface area contributed by atoms with E-state index in [1.54, 1.807) is 0 Å². The third-order valence-electron chi connectivity index (χ3n) is 2.63. The maximum absolute atomic E-state index is 12.2. The molecule has 0 amide bonds. The van der Waals surface area contributed by atoms with E-state index in [1.165, 1.54) is 0 Å². The molecule has 2 aliphatic carbocycles. The third kappa shape index (κ3) is 2.01. The zero-order chi connectivity index (χ0) is 11.7. The standard InChI is InChI=1S/C13H9N3O/c17-13-11(9-5-1-2-6-9)14-16-15-12(13)10-7-3-4-8-10/h1-8H,(H,16,17). The first-order valence-corrected chi connectivity index (χ1v) is 5.25.